The van der Waals surface area contributed by atoms with Crippen molar-refractivity contribution in [3.8, 4) is 0 Å². The third kappa shape index (κ3) is 4.86. The molecule has 0 aliphatic carbocycles. The van der Waals surface area contributed by atoms with E-state index < -0.39 is 0 Å². The molecule has 0 atom stereocenters. The van der Waals surface area contributed by atoms with Crippen LogP contribution >= 0.6 is 23.4 Å². The van der Waals surface area contributed by atoms with Crippen molar-refractivity contribution >= 4 is 23.4 Å². The zero-order valence-corrected chi connectivity index (χ0v) is 13.5. The van der Waals surface area contributed by atoms with Gasteiger partial charge in [-0.15, -0.1) is 0 Å². The van der Waals surface area contributed by atoms with Crippen LogP contribution in [-0.4, -0.2) is 25.5 Å². The van der Waals surface area contributed by atoms with E-state index >= 15 is 0 Å². The molecule has 0 radical (unpaired) electrons. The molecule has 0 fully saturated rings. The molecule has 0 N–H and O–H groups in total. The normalized spacial score (nSPS) is 11.0. The predicted molar refractivity (Wildman–Crippen MR) is 88.9 cm³/mol. The Kier molecular flexibility index (Phi) is 5.96. The number of halogens is 1. The highest BCUT2D eigenvalue weighted by Gasteiger charge is 2.02. The van der Waals surface area contributed by atoms with E-state index in [2.05, 4.69) is 49.3 Å². The van der Waals surface area contributed by atoms with Crippen LogP contribution in [0.2, 0.25) is 5.02 Å². The molecule has 0 spiro atoms. The standard InChI is InChI=1S/C17H20ClNS/c1-19(2)13-5-6-14-9-11-15(12-10-14)20-17-8-4-3-7-16(17)18/h3-4,7-12H,5-6,13H2,1-2H3. The van der Waals surface area contributed by atoms with Crippen molar-refractivity contribution in [2.75, 3.05) is 20.6 Å². The number of hydrogen-bond donors (Lipinski definition) is 0. The Hall–Kier alpha value is -0.960. The van der Waals surface area contributed by atoms with Gasteiger partial charge in [0.1, 0.15) is 0 Å². The number of benzene rings is 2. The first-order valence-electron chi connectivity index (χ1n) is 6.81. The summed E-state index contributed by atoms with van der Waals surface area (Å²) in [6.07, 6.45) is 2.33. The van der Waals surface area contributed by atoms with Gasteiger partial charge in [0.25, 0.3) is 0 Å². The molecule has 0 aromatic heterocycles. The summed E-state index contributed by atoms with van der Waals surface area (Å²) in [7, 11) is 4.23. The maximum absolute atomic E-state index is 6.18. The molecule has 106 valence electrons. The molecule has 0 bridgehead atoms. The summed E-state index contributed by atoms with van der Waals surface area (Å²) in [5, 5.41) is 0.813. The lowest BCUT2D eigenvalue weighted by Crippen LogP contribution is -2.13. The second-order valence-electron chi connectivity index (χ2n) is 5.08. The third-order valence-electron chi connectivity index (χ3n) is 3.06. The van der Waals surface area contributed by atoms with Crippen molar-refractivity contribution in [1.29, 1.82) is 0 Å². The molecule has 0 unspecified atom stereocenters. The Balaban J connectivity index is 1.93. The highest BCUT2D eigenvalue weighted by molar-refractivity contribution is 7.99. The fraction of sp³-hybridized carbons (Fsp3) is 0.294. The average Bonchev–Trinajstić information content (AvgIpc) is 2.43. The molecule has 0 heterocycles. The Morgan fingerprint density at radius 2 is 1.70 bits per heavy atom. The van der Waals surface area contributed by atoms with E-state index in [1.807, 2.05) is 18.2 Å². The van der Waals surface area contributed by atoms with Crippen LogP contribution in [0.1, 0.15) is 12.0 Å². The minimum absolute atomic E-state index is 0.813. The van der Waals surface area contributed by atoms with Crippen molar-refractivity contribution in [2.24, 2.45) is 0 Å². The fourth-order valence-electron chi connectivity index (χ4n) is 1.98. The van der Waals surface area contributed by atoms with Gasteiger partial charge in [0, 0.05) is 9.79 Å². The van der Waals surface area contributed by atoms with E-state index in [9.17, 15) is 0 Å². The van der Waals surface area contributed by atoms with E-state index in [1.165, 1.54) is 16.9 Å². The zero-order chi connectivity index (χ0) is 14.4. The van der Waals surface area contributed by atoms with Crippen LogP contribution in [0.25, 0.3) is 0 Å². The lowest BCUT2D eigenvalue weighted by atomic mass is 10.1. The minimum Gasteiger partial charge on any atom is -0.309 e. The third-order valence-corrected chi connectivity index (χ3v) is 4.58. The molecule has 0 saturated carbocycles. The summed E-state index contributed by atoms with van der Waals surface area (Å²) < 4.78 is 0. The molecule has 2 aromatic rings. The van der Waals surface area contributed by atoms with Gasteiger partial charge in [0.05, 0.1) is 5.02 Å². The highest BCUT2D eigenvalue weighted by Crippen LogP contribution is 2.33. The van der Waals surface area contributed by atoms with Gasteiger partial charge in [-0.3, -0.25) is 0 Å². The first-order valence-corrected chi connectivity index (χ1v) is 8.00. The van der Waals surface area contributed by atoms with Gasteiger partial charge in [0.2, 0.25) is 0 Å². The monoisotopic (exact) mass is 305 g/mol. The molecule has 20 heavy (non-hydrogen) atoms. The Bertz CT molecular complexity index is 537. The highest BCUT2D eigenvalue weighted by atomic mass is 35.5. The molecule has 1 nitrogen and oxygen atoms in total. The maximum Gasteiger partial charge on any atom is 0.0545 e. The van der Waals surface area contributed by atoms with Crippen LogP contribution in [0.15, 0.2) is 58.3 Å². The average molecular weight is 306 g/mol. The summed E-state index contributed by atoms with van der Waals surface area (Å²) >= 11 is 7.89. The lowest BCUT2D eigenvalue weighted by Gasteiger charge is -2.09. The van der Waals surface area contributed by atoms with Crippen molar-refractivity contribution < 1.29 is 0 Å². The summed E-state index contributed by atoms with van der Waals surface area (Å²) in [4.78, 5) is 4.56. The zero-order valence-electron chi connectivity index (χ0n) is 12.0. The summed E-state index contributed by atoms with van der Waals surface area (Å²) in [5.74, 6) is 0. The first kappa shape index (κ1) is 15.4. The Labute approximate surface area is 130 Å². The van der Waals surface area contributed by atoms with Gasteiger partial charge in [0.15, 0.2) is 0 Å². The van der Waals surface area contributed by atoms with Crippen LogP contribution in [0.3, 0.4) is 0 Å². The molecule has 0 saturated heterocycles. The van der Waals surface area contributed by atoms with Crippen molar-refractivity contribution in [1.82, 2.24) is 4.90 Å². The van der Waals surface area contributed by atoms with Crippen LogP contribution in [0.4, 0.5) is 0 Å². The molecule has 2 aromatic carbocycles. The number of hydrogen-bond acceptors (Lipinski definition) is 2. The minimum atomic E-state index is 0.813. The van der Waals surface area contributed by atoms with Gasteiger partial charge >= 0.3 is 0 Å². The molecule has 3 heteroatoms. The van der Waals surface area contributed by atoms with E-state index in [0.717, 1.165) is 22.9 Å². The lowest BCUT2D eigenvalue weighted by molar-refractivity contribution is 0.400. The second kappa shape index (κ2) is 7.72. The summed E-state index contributed by atoms with van der Waals surface area (Å²) in [5.41, 5.74) is 1.40. The topological polar surface area (TPSA) is 3.24 Å². The Morgan fingerprint density at radius 3 is 2.35 bits per heavy atom. The first-order chi connectivity index (χ1) is 9.65. The summed E-state index contributed by atoms with van der Waals surface area (Å²) in [6, 6.07) is 16.8. The van der Waals surface area contributed by atoms with E-state index in [-0.39, 0.29) is 0 Å². The van der Waals surface area contributed by atoms with Gasteiger partial charge in [-0.1, -0.05) is 47.6 Å². The van der Waals surface area contributed by atoms with E-state index in [0.29, 0.717) is 0 Å². The Morgan fingerprint density at radius 1 is 1.00 bits per heavy atom. The van der Waals surface area contributed by atoms with Crippen LogP contribution in [0.5, 0.6) is 0 Å². The largest absolute Gasteiger partial charge is 0.309 e. The van der Waals surface area contributed by atoms with Crippen molar-refractivity contribution in [2.45, 2.75) is 22.6 Å². The number of aryl methyl sites for hydroxylation is 1. The van der Waals surface area contributed by atoms with E-state index in [4.69, 9.17) is 11.6 Å². The number of nitrogens with zero attached hydrogens (tertiary/aromatic N) is 1. The quantitative estimate of drug-likeness (QED) is 0.740. The molecule has 2 rings (SSSR count). The van der Waals surface area contributed by atoms with E-state index in [1.54, 1.807) is 11.8 Å². The molecule has 0 aliphatic heterocycles. The molecular weight excluding hydrogens is 286 g/mol. The molecule has 0 aliphatic rings. The van der Waals surface area contributed by atoms with Gasteiger partial charge in [-0.05, 0) is 63.3 Å². The maximum atomic E-state index is 6.18. The fourth-order valence-corrected chi connectivity index (χ4v) is 3.07. The van der Waals surface area contributed by atoms with Gasteiger partial charge < -0.3 is 4.90 Å². The van der Waals surface area contributed by atoms with Gasteiger partial charge in [-0.25, -0.2) is 0 Å². The van der Waals surface area contributed by atoms with Crippen molar-refractivity contribution in [3.05, 3.63) is 59.1 Å². The number of rotatable bonds is 6. The van der Waals surface area contributed by atoms with Crippen LogP contribution in [0, 0.1) is 0 Å². The summed E-state index contributed by atoms with van der Waals surface area (Å²) in [6.45, 7) is 1.14. The van der Waals surface area contributed by atoms with Crippen molar-refractivity contribution in [3.63, 3.8) is 0 Å². The SMILES string of the molecule is CN(C)CCCc1ccc(Sc2ccccc2Cl)cc1. The smallest absolute Gasteiger partial charge is 0.0545 e. The molecule has 0 amide bonds. The van der Waals surface area contributed by atoms with Crippen LogP contribution in [-0.2, 0) is 6.42 Å². The molecular formula is C17H20ClNS. The second-order valence-corrected chi connectivity index (χ2v) is 6.61. The van der Waals surface area contributed by atoms with Gasteiger partial charge in [-0.2, -0.15) is 0 Å². The predicted octanol–water partition coefficient (Wildman–Crippen LogP) is 4.99. The van der Waals surface area contributed by atoms with Crippen LogP contribution < -0.4 is 0 Å².